The van der Waals surface area contributed by atoms with Gasteiger partial charge in [-0.2, -0.15) is 0 Å². The van der Waals surface area contributed by atoms with E-state index in [2.05, 4.69) is 34.5 Å². The largest absolute Gasteiger partial charge is 0.497 e. The zero-order valence-corrected chi connectivity index (χ0v) is 15.5. The summed E-state index contributed by atoms with van der Waals surface area (Å²) in [5.74, 6) is 0.879. The normalized spacial score (nSPS) is 13.7. The summed E-state index contributed by atoms with van der Waals surface area (Å²) in [6, 6.07) is 16.5. The zero-order valence-electron chi connectivity index (χ0n) is 15.5. The predicted molar refractivity (Wildman–Crippen MR) is 106 cm³/mol. The molecule has 0 atom stereocenters. The average molecular weight is 352 g/mol. The van der Waals surface area contributed by atoms with Gasteiger partial charge in [0.25, 0.3) is 0 Å². The van der Waals surface area contributed by atoms with Crippen molar-refractivity contribution in [2.45, 2.75) is 32.1 Å². The van der Waals surface area contributed by atoms with Gasteiger partial charge < -0.3 is 15.0 Å². The van der Waals surface area contributed by atoms with Crippen molar-refractivity contribution in [1.29, 1.82) is 0 Å². The van der Waals surface area contributed by atoms with E-state index in [0.717, 1.165) is 24.2 Å². The Balaban J connectivity index is 1.35. The van der Waals surface area contributed by atoms with Gasteiger partial charge in [-0.25, -0.2) is 0 Å². The molecule has 1 aliphatic heterocycles. The lowest BCUT2D eigenvalue weighted by Gasteiger charge is -2.17. The van der Waals surface area contributed by atoms with Crippen LogP contribution >= 0.6 is 0 Å². The summed E-state index contributed by atoms with van der Waals surface area (Å²) in [4.78, 5) is 14.5. The van der Waals surface area contributed by atoms with Crippen LogP contribution in [0.2, 0.25) is 0 Å². The Morgan fingerprint density at radius 3 is 2.31 bits per heavy atom. The number of aryl methyl sites for hydroxylation is 1. The zero-order chi connectivity index (χ0) is 18.2. The van der Waals surface area contributed by atoms with Crippen LogP contribution in [0.5, 0.6) is 5.75 Å². The van der Waals surface area contributed by atoms with Crippen LogP contribution in [0.15, 0.2) is 48.5 Å². The van der Waals surface area contributed by atoms with Crippen molar-refractivity contribution in [3.8, 4) is 5.75 Å². The minimum absolute atomic E-state index is 0.0690. The standard InChI is InChI=1S/C22H28N2O2/c1-26-21-12-8-19(9-13-21)17-22(25)23-14-4-5-18-6-10-20(11-7-18)24-15-2-3-16-24/h6-13H,2-5,14-17H2,1H3,(H,23,25). The molecule has 0 bridgehead atoms. The summed E-state index contributed by atoms with van der Waals surface area (Å²) in [5.41, 5.74) is 3.66. The van der Waals surface area contributed by atoms with Gasteiger partial charge >= 0.3 is 0 Å². The lowest BCUT2D eigenvalue weighted by Crippen LogP contribution is -2.26. The van der Waals surface area contributed by atoms with Crippen molar-refractivity contribution in [3.05, 3.63) is 59.7 Å². The molecule has 138 valence electrons. The van der Waals surface area contributed by atoms with E-state index < -0.39 is 0 Å². The predicted octanol–water partition coefficient (Wildman–Crippen LogP) is 3.59. The van der Waals surface area contributed by atoms with Crippen LogP contribution < -0.4 is 15.0 Å². The first-order chi connectivity index (χ1) is 12.7. The Bertz CT molecular complexity index is 689. The molecule has 0 radical (unpaired) electrons. The molecule has 0 spiro atoms. The molecule has 1 heterocycles. The summed E-state index contributed by atoms with van der Waals surface area (Å²) in [6.07, 6.45) is 4.96. The number of benzene rings is 2. The Morgan fingerprint density at radius 1 is 1.00 bits per heavy atom. The molecule has 1 saturated heterocycles. The monoisotopic (exact) mass is 352 g/mol. The molecular formula is C22H28N2O2. The highest BCUT2D eigenvalue weighted by molar-refractivity contribution is 5.78. The van der Waals surface area contributed by atoms with Gasteiger partial charge in [0.2, 0.25) is 5.91 Å². The van der Waals surface area contributed by atoms with Crippen molar-refractivity contribution < 1.29 is 9.53 Å². The smallest absolute Gasteiger partial charge is 0.224 e. The number of rotatable bonds is 8. The van der Waals surface area contributed by atoms with Crippen molar-refractivity contribution in [2.75, 3.05) is 31.6 Å². The van der Waals surface area contributed by atoms with E-state index in [9.17, 15) is 4.79 Å². The molecule has 0 aliphatic carbocycles. The van der Waals surface area contributed by atoms with E-state index in [-0.39, 0.29) is 5.91 Å². The third-order valence-electron chi connectivity index (χ3n) is 4.90. The molecule has 1 N–H and O–H groups in total. The first-order valence-electron chi connectivity index (χ1n) is 9.48. The minimum Gasteiger partial charge on any atom is -0.497 e. The topological polar surface area (TPSA) is 41.6 Å². The molecular weight excluding hydrogens is 324 g/mol. The minimum atomic E-state index is 0.0690. The Morgan fingerprint density at radius 2 is 1.65 bits per heavy atom. The Hall–Kier alpha value is -2.49. The van der Waals surface area contributed by atoms with E-state index in [1.54, 1.807) is 7.11 Å². The summed E-state index contributed by atoms with van der Waals surface area (Å²) >= 11 is 0. The summed E-state index contributed by atoms with van der Waals surface area (Å²) in [7, 11) is 1.64. The number of methoxy groups -OCH3 is 1. The summed E-state index contributed by atoms with van der Waals surface area (Å²) < 4.78 is 5.13. The Labute approximate surface area is 156 Å². The number of ether oxygens (including phenoxy) is 1. The van der Waals surface area contributed by atoms with Gasteiger partial charge in [0.05, 0.1) is 13.5 Å². The molecule has 0 unspecified atom stereocenters. The number of anilines is 1. The molecule has 4 nitrogen and oxygen atoms in total. The van der Waals surface area contributed by atoms with Gasteiger partial charge in [-0.1, -0.05) is 24.3 Å². The van der Waals surface area contributed by atoms with E-state index in [1.807, 2.05) is 24.3 Å². The molecule has 0 aromatic heterocycles. The maximum Gasteiger partial charge on any atom is 0.224 e. The number of hydrogen-bond donors (Lipinski definition) is 1. The van der Waals surface area contributed by atoms with E-state index in [4.69, 9.17) is 4.74 Å². The highest BCUT2D eigenvalue weighted by atomic mass is 16.5. The molecule has 2 aromatic carbocycles. The van der Waals surface area contributed by atoms with Crippen LogP contribution in [0.1, 0.15) is 30.4 Å². The fourth-order valence-corrected chi connectivity index (χ4v) is 3.36. The van der Waals surface area contributed by atoms with Crippen molar-refractivity contribution in [2.24, 2.45) is 0 Å². The van der Waals surface area contributed by atoms with Crippen LogP contribution in [0.3, 0.4) is 0 Å². The maximum atomic E-state index is 12.0. The van der Waals surface area contributed by atoms with Gasteiger partial charge in [-0.15, -0.1) is 0 Å². The van der Waals surface area contributed by atoms with Gasteiger partial charge in [0.1, 0.15) is 5.75 Å². The van der Waals surface area contributed by atoms with E-state index in [1.165, 1.54) is 37.2 Å². The van der Waals surface area contributed by atoms with E-state index in [0.29, 0.717) is 13.0 Å². The number of nitrogens with zero attached hydrogens (tertiary/aromatic N) is 1. The molecule has 1 fully saturated rings. The molecule has 3 rings (SSSR count). The summed E-state index contributed by atoms with van der Waals surface area (Å²) in [6.45, 7) is 3.07. The number of hydrogen-bond acceptors (Lipinski definition) is 3. The fraction of sp³-hybridized carbons (Fsp3) is 0.409. The lowest BCUT2D eigenvalue weighted by atomic mass is 10.1. The first kappa shape index (κ1) is 18.3. The Kier molecular flexibility index (Phi) is 6.53. The van der Waals surface area contributed by atoms with Crippen molar-refractivity contribution >= 4 is 11.6 Å². The summed E-state index contributed by atoms with van der Waals surface area (Å²) in [5, 5.41) is 3.01. The van der Waals surface area contributed by atoms with E-state index >= 15 is 0 Å². The first-order valence-corrected chi connectivity index (χ1v) is 9.48. The molecule has 2 aromatic rings. The second-order valence-corrected chi connectivity index (χ2v) is 6.84. The van der Waals surface area contributed by atoms with Gasteiger partial charge in [0.15, 0.2) is 0 Å². The van der Waals surface area contributed by atoms with Gasteiger partial charge in [0, 0.05) is 25.3 Å². The van der Waals surface area contributed by atoms with Crippen LogP contribution in [0, 0.1) is 0 Å². The van der Waals surface area contributed by atoms with Crippen molar-refractivity contribution in [1.82, 2.24) is 5.32 Å². The van der Waals surface area contributed by atoms with Gasteiger partial charge in [-0.05, 0) is 61.1 Å². The highest BCUT2D eigenvalue weighted by Gasteiger charge is 2.11. The molecule has 4 heteroatoms. The number of carbonyl (C=O) groups excluding carboxylic acids is 1. The lowest BCUT2D eigenvalue weighted by molar-refractivity contribution is -0.120. The number of carbonyl (C=O) groups is 1. The van der Waals surface area contributed by atoms with Crippen LogP contribution in [-0.4, -0.2) is 32.7 Å². The molecule has 0 saturated carbocycles. The van der Waals surface area contributed by atoms with Crippen molar-refractivity contribution in [3.63, 3.8) is 0 Å². The van der Waals surface area contributed by atoms with Crippen LogP contribution in [-0.2, 0) is 17.6 Å². The quantitative estimate of drug-likeness (QED) is 0.738. The van der Waals surface area contributed by atoms with Crippen LogP contribution in [0.25, 0.3) is 0 Å². The molecule has 26 heavy (non-hydrogen) atoms. The third kappa shape index (κ3) is 5.25. The fourth-order valence-electron chi connectivity index (χ4n) is 3.36. The second kappa shape index (κ2) is 9.27. The third-order valence-corrected chi connectivity index (χ3v) is 4.90. The molecule has 1 amide bonds. The maximum absolute atomic E-state index is 12.0. The number of nitrogens with one attached hydrogen (secondary N) is 1. The highest BCUT2D eigenvalue weighted by Crippen LogP contribution is 2.20. The average Bonchev–Trinajstić information content (AvgIpc) is 3.21. The second-order valence-electron chi connectivity index (χ2n) is 6.84. The number of amides is 1. The molecule has 1 aliphatic rings. The van der Waals surface area contributed by atoms with Gasteiger partial charge in [-0.3, -0.25) is 4.79 Å². The van der Waals surface area contributed by atoms with Crippen LogP contribution in [0.4, 0.5) is 5.69 Å². The SMILES string of the molecule is COc1ccc(CC(=O)NCCCc2ccc(N3CCCC3)cc2)cc1.